The van der Waals surface area contributed by atoms with E-state index in [2.05, 4.69) is 0 Å². The molecule has 0 aliphatic rings. The monoisotopic (exact) mass is 344 g/mol. The van der Waals surface area contributed by atoms with Crippen LogP contribution in [0.25, 0.3) is 0 Å². The number of carbonyl (C=O) groups excluding carboxylic acids is 2. The molecule has 0 heterocycles. The van der Waals surface area contributed by atoms with Crippen LogP contribution in [0.15, 0.2) is 36.4 Å². The van der Waals surface area contributed by atoms with Crippen LogP contribution in [0.4, 0.5) is 0 Å². The van der Waals surface area contributed by atoms with Crippen LogP contribution in [-0.2, 0) is 0 Å². The van der Waals surface area contributed by atoms with Crippen LogP contribution in [0, 0.1) is 0 Å². The van der Waals surface area contributed by atoms with Gasteiger partial charge >= 0.3 is 0 Å². The van der Waals surface area contributed by atoms with Crippen molar-refractivity contribution in [2.24, 2.45) is 0 Å². The van der Waals surface area contributed by atoms with Gasteiger partial charge in [-0.25, -0.2) is 0 Å². The van der Waals surface area contributed by atoms with Crippen LogP contribution >= 0.6 is 0 Å². The SMILES string of the molecule is O=C(CCCCCC(=O)c1ccc(O)cc1O)c1ccc(O)cc1O. The molecule has 25 heavy (non-hydrogen) atoms. The molecule has 0 aromatic heterocycles. The average Bonchev–Trinajstić information content (AvgIpc) is 2.54. The molecule has 0 saturated carbocycles. The first-order chi connectivity index (χ1) is 11.9. The molecule has 0 fully saturated rings. The van der Waals surface area contributed by atoms with E-state index >= 15 is 0 Å². The fourth-order valence-corrected chi connectivity index (χ4v) is 2.53. The van der Waals surface area contributed by atoms with E-state index in [1.165, 1.54) is 24.3 Å². The van der Waals surface area contributed by atoms with Gasteiger partial charge < -0.3 is 20.4 Å². The number of Topliss-reactive ketones (excluding diaryl/α,β-unsaturated/α-hetero) is 2. The predicted octanol–water partition coefficient (Wildman–Crippen LogP) is 3.53. The maximum Gasteiger partial charge on any atom is 0.166 e. The van der Waals surface area contributed by atoms with Gasteiger partial charge in [0, 0.05) is 25.0 Å². The van der Waals surface area contributed by atoms with Crippen molar-refractivity contribution in [3.05, 3.63) is 47.5 Å². The third-order valence-corrected chi connectivity index (χ3v) is 3.87. The Bertz CT molecular complexity index is 716. The van der Waals surface area contributed by atoms with Crippen molar-refractivity contribution in [1.29, 1.82) is 0 Å². The van der Waals surface area contributed by atoms with E-state index in [1.807, 2.05) is 0 Å². The maximum atomic E-state index is 12.0. The Morgan fingerprint density at radius 1 is 0.640 bits per heavy atom. The third-order valence-electron chi connectivity index (χ3n) is 3.87. The van der Waals surface area contributed by atoms with Crippen molar-refractivity contribution < 1.29 is 30.0 Å². The van der Waals surface area contributed by atoms with Gasteiger partial charge in [0.1, 0.15) is 23.0 Å². The zero-order valence-electron chi connectivity index (χ0n) is 13.6. The summed E-state index contributed by atoms with van der Waals surface area (Å²) in [5, 5.41) is 37.7. The molecule has 2 rings (SSSR count). The molecule has 0 bridgehead atoms. The number of hydrogen-bond donors (Lipinski definition) is 4. The standard InChI is InChI=1S/C19H20O6/c20-12-6-8-14(18(24)10-12)16(22)4-2-1-3-5-17(23)15-9-7-13(21)11-19(15)25/h6-11,20-21,24-25H,1-5H2. The second kappa shape index (κ2) is 8.19. The average molecular weight is 344 g/mol. The van der Waals surface area contributed by atoms with Gasteiger partial charge in [0.25, 0.3) is 0 Å². The summed E-state index contributed by atoms with van der Waals surface area (Å²) in [6.45, 7) is 0. The quantitative estimate of drug-likeness (QED) is 0.430. The molecule has 0 aliphatic heterocycles. The second-order valence-corrected chi connectivity index (χ2v) is 5.81. The Balaban J connectivity index is 1.76. The second-order valence-electron chi connectivity index (χ2n) is 5.81. The van der Waals surface area contributed by atoms with E-state index in [0.29, 0.717) is 19.3 Å². The van der Waals surface area contributed by atoms with E-state index in [9.17, 15) is 30.0 Å². The van der Waals surface area contributed by atoms with Gasteiger partial charge in [0.2, 0.25) is 0 Å². The first-order valence-corrected chi connectivity index (χ1v) is 7.99. The first kappa shape index (κ1) is 18.3. The predicted molar refractivity (Wildman–Crippen MR) is 91.3 cm³/mol. The Morgan fingerprint density at radius 3 is 1.40 bits per heavy atom. The van der Waals surface area contributed by atoms with Gasteiger partial charge in [-0.3, -0.25) is 9.59 Å². The van der Waals surface area contributed by atoms with Gasteiger partial charge in [0.15, 0.2) is 11.6 Å². The van der Waals surface area contributed by atoms with Gasteiger partial charge in [-0.2, -0.15) is 0 Å². The molecule has 0 spiro atoms. The zero-order valence-corrected chi connectivity index (χ0v) is 13.6. The molecule has 2 aromatic rings. The Labute approximate surface area is 145 Å². The number of phenolic OH excluding ortho intramolecular Hbond substituents is 4. The number of ketones is 2. The van der Waals surface area contributed by atoms with E-state index < -0.39 is 0 Å². The third kappa shape index (κ3) is 4.97. The minimum atomic E-state index is -0.247. The summed E-state index contributed by atoms with van der Waals surface area (Å²) in [5.41, 5.74) is 0.339. The number of aromatic hydroxyl groups is 4. The Morgan fingerprint density at radius 2 is 1.04 bits per heavy atom. The molecular formula is C19H20O6. The van der Waals surface area contributed by atoms with Crippen molar-refractivity contribution in [3.63, 3.8) is 0 Å². The van der Waals surface area contributed by atoms with Crippen LogP contribution < -0.4 is 0 Å². The topological polar surface area (TPSA) is 115 Å². The van der Waals surface area contributed by atoms with Crippen LogP contribution in [0.1, 0.15) is 52.8 Å². The summed E-state index contributed by atoms with van der Waals surface area (Å²) in [4.78, 5) is 24.0. The summed E-state index contributed by atoms with van der Waals surface area (Å²) in [7, 11) is 0. The fraction of sp³-hybridized carbons (Fsp3) is 0.263. The van der Waals surface area contributed by atoms with Crippen molar-refractivity contribution >= 4 is 11.6 Å². The lowest BCUT2D eigenvalue weighted by Crippen LogP contribution is -2.01. The lowest BCUT2D eigenvalue weighted by Gasteiger charge is -2.06. The van der Waals surface area contributed by atoms with E-state index in [1.54, 1.807) is 0 Å². The minimum Gasteiger partial charge on any atom is -0.508 e. The van der Waals surface area contributed by atoms with Crippen molar-refractivity contribution in [3.8, 4) is 23.0 Å². The van der Waals surface area contributed by atoms with Crippen LogP contribution in [-0.4, -0.2) is 32.0 Å². The molecule has 4 N–H and O–H groups in total. The van der Waals surface area contributed by atoms with E-state index in [4.69, 9.17) is 0 Å². The lowest BCUT2D eigenvalue weighted by molar-refractivity contribution is 0.0976. The molecule has 0 unspecified atom stereocenters. The highest BCUT2D eigenvalue weighted by atomic mass is 16.3. The fourth-order valence-electron chi connectivity index (χ4n) is 2.53. The first-order valence-electron chi connectivity index (χ1n) is 7.99. The molecule has 0 radical (unpaired) electrons. The highest BCUT2D eigenvalue weighted by Gasteiger charge is 2.13. The maximum absolute atomic E-state index is 12.0. The van der Waals surface area contributed by atoms with Crippen LogP contribution in [0.2, 0.25) is 0 Å². The van der Waals surface area contributed by atoms with Gasteiger partial charge in [-0.1, -0.05) is 6.42 Å². The number of unbranched alkanes of at least 4 members (excludes halogenated alkanes) is 2. The molecule has 132 valence electrons. The number of hydrogen-bond acceptors (Lipinski definition) is 6. The van der Waals surface area contributed by atoms with Crippen molar-refractivity contribution in [1.82, 2.24) is 0 Å². The van der Waals surface area contributed by atoms with Crippen LogP contribution in [0.3, 0.4) is 0 Å². The zero-order chi connectivity index (χ0) is 18.4. The van der Waals surface area contributed by atoms with Crippen LogP contribution in [0.5, 0.6) is 23.0 Å². The molecule has 0 saturated heterocycles. The number of phenols is 4. The normalized spacial score (nSPS) is 10.6. The van der Waals surface area contributed by atoms with E-state index in [0.717, 1.165) is 12.1 Å². The number of benzene rings is 2. The van der Waals surface area contributed by atoms with Gasteiger partial charge in [-0.15, -0.1) is 0 Å². The largest absolute Gasteiger partial charge is 0.508 e. The molecule has 0 aliphatic carbocycles. The molecule has 0 atom stereocenters. The van der Waals surface area contributed by atoms with E-state index in [-0.39, 0.29) is 58.5 Å². The molecule has 6 nitrogen and oxygen atoms in total. The molecule has 0 amide bonds. The minimum absolute atomic E-state index is 0.106. The Kier molecular flexibility index (Phi) is 6.00. The highest BCUT2D eigenvalue weighted by Crippen LogP contribution is 2.26. The summed E-state index contributed by atoms with van der Waals surface area (Å²) in [6, 6.07) is 7.69. The van der Waals surface area contributed by atoms with Crippen molar-refractivity contribution in [2.75, 3.05) is 0 Å². The number of carbonyl (C=O) groups is 2. The smallest absolute Gasteiger partial charge is 0.166 e. The summed E-state index contributed by atoms with van der Waals surface area (Å²) >= 11 is 0. The summed E-state index contributed by atoms with van der Waals surface area (Å²) < 4.78 is 0. The van der Waals surface area contributed by atoms with Crippen molar-refractivity contribution in [2.45, 2.75) is 32.1 Å². The lowest BCUT2D eigenvalue weighted by atomic mass is 10.0. The number of rotatable bonds is 8. The molecule has 6 heteroatoms. The molecule has 2 aromatic carbocycles. The van der Waals surface area contributed by atoms with Gasteiger partial charge in [0.05, 0.1) is 11.1 Å². The molecular weight excluding hydrogens is 324 g/mol. The summed E-state index contributed by atoms with van der Waals surface area (Å²) in [5.74, 6) is -1.15. The highest BCUT2D eigenvalue weighted by molar-refractivity contribution is 5.99. The van der Waals surface area contributed by atoms with Gasteiger partial charge in [-0.05, 0) is 37.1 Å². The Hall–Kier alpha value is -3.02. The summed E-state index contributed by atoms with van der Waals surface area (Å²) in [6.07, 6.45) is 2.24.